The molecule has 2 heterocycles. The summed E-state index contributed by atoms with van der Waals surface area (Å²) in [5.41, 5.74) is 1.15. The van der Waals surface area contributed by atoms with E-state index in [1.165, 1.54) is 0 Å². The molecular formula is C19H26N2O4. The fourth-order valence-electron chi connectivity index (χ4n) is 3.58. The van der Waals surface area contributed by atoms with Gasteiger partial charge in [0.2, 0.25) is 5.91 Å². The molecule has 2 fully saturated rings. The molecule has 25 heavy (non-hydrogen) atoms. The van der Waals surface area contributed by atoms with E-state index in [9.17, 15) is 9.59 Å². The van der Waals surface area contributed by atoms with Crippen LogP contribution in [0.25, 0.3) is 0 Å². The number of cyclic esters (lactones) is 1. The second-order valence-corrected chi connectivity index (χ2v) is 6.58. The summed E-state index contributed by atoms with van der Waals surface area (Å²) >= 11 is 0. The molecule has 2 aliphatic rings. The van der Waals surface area contributed by atoms with Crippen molar-refractivity contribution in [2.24, 2.45) is 0 Å². The van der Waals surface area contributed by atoms with Crippen LogP contribution >= 0.6 is 0 Å². The van der Waals surface area contributed by atoms with E-state index in [2.05, 4.69) is 0 Å². The van der Waals surface area contributed by atoms with E-state index < -0.39 is 0 Å². The summed E-state index contributed by atoms with van der Waals surface area (Å²) in [5.74, 6) is 0.935. The number of carbonyl (C=O) groups excluding carboxylic acids is 2. The minimum Gasteiger partial charge on any atom is -0.497 e. The predicted octanol–water partition coefficient (Wildman–Crippen LogP) is 2.98. The molecule has 6 heteroatoms. The molecular weight excluding hydrogens is 320 g/mol. The highest BCUT2D eigenvalue weighted by molar-refractivity contribution is 5.78. The van der Waals surface area contributed by atoms with Crippen molar-refractivity contribution in [1.29, 1.82) is 0 Å². The smallest absolute Gasteiger partial charge is 0.409 e. The normalized spacial score (nSPS) is 21.0. The van der Waals surface area contributed by atoms with Crippen LogP contribution in [-0.4, -0.2) is 55.2 Å². The highest BCUT2D eigenvalue weighted by Crippen LogP contribution is 2.31. The van der Waals surface area contributed by atoms with Crippen molar-refractivity contribution in [3.05, 3.63) is 29.8 Å². The van der Waals surface area contributed by atoms with Crippen LogP contribution in [0, 0.1) is 0 Å². The van der Waals surface area contributed by atoms with E-state index in [-0.39, 0.29) is 18.0 Å². The Morgan fingerprint density at radius 1 is 1.20 bits per heavy atom. The molecule has 0 radical (unpaired) electrons. The zero-order chi connectivity index (χ0) is 17.6. The third kappa shape index (κ3) is 4.24. The van der Waals surface area contributed by atoms with Crippen molar-refractivity contribution in [3.63, 3.8) is 0 Å². The van der Waals surface area contributed by atoms with Gasteiger partial charge in [0.15, 0.2) is 0 Å². The maximum absolute atomic E-state index is 12.8. The number of rotatable bonds is 5. The minimum absolute atomic E-state index is 0.103. The fraction of sp³-hybridized carbons (Fsp3) is 0.579. The molecule has 1 atom stereocenters. The topological polar surface area (TPSA) is 59.1 Å². The molecule has 0 N–H and O–H groups in total. The third-order valence-electron chi connectivity index (χ3n) is 5.01. The van der Waals surface area contributed by atoms with Crippen LogP contribution < -0.4 is 4.74 Å². The lowest BCUT2D eigenvalue weighted by Gasteiger charge is -2.31. The molecule has 0 aromatic heterocycles. The van der Waals surface area contributed by atoms with E-state index in [0.717, 1.165) is 43.5 Å². The van der Waals surface area contributed by atoms with Gasteiger partial charge in [0.1, 0.15) is 12.4 Å². The Hall–Kier alpha value is -2.24. The molecule has 1 unspecified atom stereocenters. The lowest BCUT2D eigenvalue weighted by atomic mass is 10.0. The number of ether oxygens (including phenoxy) is 2. The number of methoxy groups -OCH3 is 1. The third-order valence-corrected chi connectivity index (χ3v) is 5.01. The quantitative estimate of drug-likeness (QED) is 0.822. The summed E-state index contributed by atoms with van der Waals surface area (Å²) in [6.07, 6.45) is 4.32. The Labute approximate surface area is 148 Å². The highest BCUT2D eigenvalue weighted by Gasteiger charge is 2.28. The fourth-order valence-corrected chi connectivity index (χ4v) is 3.58. The predicted molar refractivity (Wildman–Crippen MR) is 93.5 cm³/mol. The molecule has 2 amide bonds. The van der Waals surface area contributed by atoms with Gasteiger partial charge in [-0.1, -0.05) is 25.0 Å². The number of likely N-dealkylation sites (tertiary alicyclic amines) is 1. The SMILES string of the molecule is COc1ccc(C2CCCCCN2C(=O)CCN2CCOC2=O)cc1. The number of carbonyl (C=O) groups is 2. The first-order chi connectivity index (χ1) is 12.2. The zero-order valence-corrected chi connectivity index (χ0v) is 14.8. The van der Waals surface area contributed by atoms with E-state index >= 15 is 0 Å². The molecule has 0 saturated carbocycles. The van der Waals surface area contributed by atoms with Gasteiger partial charge in [-0.3, -0.25) is 4.79 Å². The molecule has 0 spiro atoms. The van der Waals surface area contributed by atoms with Gasteiger partial charge in [0.25, 0.3) is 0 Å². The molecule has 1 aromatic rings. The first kappa shape index (κ1) is 17.6. The second kappa shape index (κ2) is 8.23. The number of nitrogens with zero attached hydrogens (tertiary/aromatic N) is 2. The van der Waals surface area contributed by atoms with Crippen LogP contribution in [0.1, 0.15) is 43.7 Å². The Morgan fingerprint density at radius 2 is 2.00 bits per heavy atom. The van der Waals surface area contributed by atoms with Gasteiger partial charge in [-0.25, -0.2) is 4.79 Å². The summed E-state index contributed by atoms with van der Waals surface area (Å²) in [7, 11) is 1.65. The van der Waals surface area contributed by atoms with Gasteiger partial charge in [-0.2, -0.15) is 0 Å². The number of hydrogen-bond acceptors (Lipinski definition) is 4. The molecule has 2 aliphatic heterocycles. The van der Waals surface area contributed by atoms with Gasteiger partial charge >= 0.3 is 6.09 Å². The maximum atomic E-state index is 12.8. The van der Waals surface area contributed by atoms with Crippen molar-refractivity contribution in [3.8, 4) is 5.75 Å². The van der Waals surface area contributed by atoms with Crippen LogP contribution in [0.15, 0.2) is 24.3 Å². The zero-order valence-electron chi connectivity index (χ0n) is 14.8. The average Bonchev–Trinajstić information content (AvgIpc) is 2.90. The molecule has 136 valence electrons. The summed E-state index contributed by atoms with van der Waals surface area (Å²) in [6, 6.07) is 8.10. The minimum atomic E-state index is -0.310. The standard InChI is InChI=1S/C19H26N2O4/c1-24-16-8-6-15(7-9-16)17-5-3-2-4-11-21(17)18(22)10-12-20-13-14-25-19(20)23/h6-9,17H,2-5,10-14H2,1H3. The molecule has 0 bridgehead atoms. The van der Waals surface area contributed by atoms with Gasteiger partial charge in [0.05, 0.1) is 19.7 Å². The number of benzene rings is 1. The Balaban J connectivity index is 1.68. The second-order valence-electron chi connectivity index (χ2n) is 6.58. The average molecular weight is 346 g/mol. The van der Waals surface area contributed by atoms with Crippen LogP contribution in [0.3, 0.4) is 0 Å². The van der Waals surface area contributed by atoms with Crippen molar-refractivity contribution in [2.75, 3.05) is 33.4 Å². The first-order valence-corrected chi connectivity index (χ1v) is 9.04. The molecule has 2 saturated heterocycles. The first-order valence-electron chi connectivity index (χ1n) is 9.04. The van der Waals surface area contributed by atoms with E-state index in [4.69, 9.17) is 9.47 Å². The van der Waals surface area contributed by atoms with Gasteiger partial charge in [-0.05, 0) is 30.5 Å². The Morgan fingerprint density at radius 3 is 2.68 bits per heavy atom. The molecule has 3 rings (SSSR count). The maximum Gasteiger partial charge on any atom is 0.409 e. The largest absolute Gasteiger partial charge is 0.497 e. The van der Waals surface area contributed by atoms with Crippen LogP contribution in [0.2, 0.25) is 0 Å². The lowest BCUT2D eigenvalue weighted by Crippen LogP contribution is -2.37. The Kier molecular flexibility index (Phi) is 5.79. The van der Waals surface area contributed by atoms with Crippen molar-refractivity contribution in [1.82, 2.24) is 9.80 Å². The number of hydrogen-bond donors (Lipinski definition) is 0. The van der Waals surface area contributed by atoms with Crippen LogP contribution in [-0.2, 0) is 9.53 Å². The Bertz CT molecular complexity index is 602. The van der Waals surface area contributed by atoms with Gasteiger partial charge < -0.3 is 19.3 Å². The lowest BCUT2D eigenvalue weighted by molar-refractivity contribution is -0.133. The molecule has 0 aliphatic carbocycles. The van der Waals surface area contributed by atoms with Gasteiger partial charge in [-0.15, -0.1) is 0 Å². The summed E-state index contributed by atoms with van der Waals surface area (Å²) in [6.45, 7) is 2.21. The summed E-state index contributed by atoms with van der Waals surface area (Å²) in [5, 5.41) is 0. The monoisotopic (exact) mass is 346 g/mol. The van der Waals surface area contributed by atoms with Crippen LogP contribution in [0.5, 0.6) is 5.75 Å². The molecule has 1 aromatic carbocycles. The van der Waals surface area contributed by atoms with Crippen molar-refractivity contribution >= 4 is 12.0 Å². The van der Waals surface area contributed by atoms with Crippen molar-refractivity contribution in [2.45, 2.75) is 38.1 Å². The van der Waals surface area contributed by atoms with Gasteiger partial charge in [0, 0.05) is 19.5 Å². The van der Waals surface area contributed by atoms with E-state index in [1.807, 2.05) is 29.2 Å². The van der Waals surface area contributed by atoms with Crippen LogP contribution in [0.4, 0.5) is 4.79 Å². The van der Waals surface area contributed by atoms with Crippen molar-refractivity contribution < 1.29 is 19.1 Å². The molecule has 6 nitrogen and oxygen atoms in total. The number of amides is 2. The van der Waals surface area contributed by atoms with E-state index in [1.54, 1.807) is 12.0 Å². The summed E-state index contributed by atoms with van der Waals surface area (Å²) in [4.78, 5) is 28.0. The highest BCUT2D eigenvalue weighted by atomic mass is 16.6. The van der Waals surface area contributed by atoms with E-state index in [0.29, 0.717) is 26.1 Å². The summed E-state index contributed by atoms with van der Waals surface area (Å²) < 4.78 is 10.2.